The SMILES string of the molecule is COc1ccc(-c2noc(N3CCCC(C(=O)N(C)c4cccc(C(F)(F)F)c4)C3)n2)cc1. The molecule has 1 amide bonds. The van der Waals surface area contributed by atoms with Gasteiger partial charge in [0.2, 0.25) is 11.7 Å². The van der Waals surface area contributed by atoms with E-state index in [0.29, 0.717) is 43.5 Å². The zero-order valence-corrected chi connectivity index (χ0v) is 18.2. The van der Waals surface area contributed by atoms with Crippen LogP contribution < -0.4 is 14.5 Å². The highest BCUT2D eigenvalue weighted by Crippen LogP contribution is 2.32. The molecule has 174 valence electrons. The number of benzene rings is 2. The van der Waals surface area contributed by atoms with Gasteiger partial charge < -0.3 is 19.1 Å². The van der Waals surface area contributed by atoms with Gasteiger partial charge in [0, 0.05) is 31.4 Å². The van der Waals surface area contributed by atoms with E-state index < -0.39 is 17.7 Å². The van der Waals surface area contributed by atoms with Crippen molar-refractivity contribution < 1.29 is 27.2 Å². The Labute approximate surface area is 188 Å². The number of carbonyl (C=O) groups is 1. The molecule has 0 radical (unpaired) electrons. The van der Waals surface area contributed by atoms with Gasteiger partial charge in [-0.25, -0.2) is 0 Å². The second-order valence-electron chi connectivity index (χ2n) is 7.86. The van der Waals surface area contributed by atoms with E-state index in [1.165, 1.54) is 24.1 Å². The minimum absolute atomic E-state index is 0.200. The smallest absolute Gasteiger partial charge is 0.416 e. The van der Waals surface area contributed by atoms with Gasteiger partial charge in [-0.05, 0) is 55.3 Å². The van der Waals surface area contributed by atoms with Gasteiger partial charge in [-0.15, -0.1) is 0 Å². The number of nitrogens with zero attached hydrogens (tertiary/aromatic N) is 4. The number of carbonyl (C=O) groups excluding carboxylic acids is 1. The van der Waals surface area contributed by atoms with Crippen LogP contribution in [0.3, 0.4) is 0 Å². The van der Waals surface area contributed by atoms with Gasteiger partial charge in [-0.2, -0.15) is 18.2 Å². The van der Waals surface area contributed by atoms with Crippen molar-refractivity contribution in [2.45, 2.75) is 19.0 Å². The van der Waals surface area contributed by atoms with Crippen molar-refractivity contribution in [2.75, 3.05) is 37.0 Å². The molecule has 1 aliphatic heterocycles. The molecule has 1 aliphatic rings. The topological polar surface area (TPSA) is 71.7 Å². The maximum atomic E-state index is 13.1. The number of piperidine rings is 1. The van der Waals surface area contributed by atoms with Crippen LogP contribution in [0, 0.1) is 5.92 Å². The Morgan fingerprint density at radius 3 is 2.67 bits per heavy atom. The second-order valence-corrected chi connectivity index (χ2v) is 7.86. The predicted molar refractivity (Wildman–Crippen MR) is 116 cm³/mol. The highest BCUT2D eigenvalue weighted by atomic mass is 19.4. The molecule has 2 aromatic carbocycles. The minimum atomic E-state index is -4.47. The number of hydrogen-bond acceptors (Lipinski definition) is 6. The maximum Gasteiger partial charge on any atom is 0.416 e. The number of anilines is 2. The molecule has 4 rings (SSSR count). The number of methoxy groups -OCH3 is 1. The first-order valence-electron chi connectivity index (χ1n) is 10.4. The van der Waals surface area contributed by atoms with Gasteiger partial charge in [0.25, 0.3) is 0 Å². The molecule has 1 saturated heterocycles. The highest BCUT2D eigenvalue weighted by molar-refractivity contribution is 5.95. The molecule has 0 saturated carbocycles. The summed E-state index contributed by atoms with van der Waals surface area (Å²) < 4.78 is 49.7. The molecule has 10 heteroatoms. The number of alkyl halides is 3. The van der Waals surface area contributed by atoms with Crippen LogP contribution in [-0.4, -0.2) is 43.3 Å². The zero-order chi connectivity index (χ0) is 23.6. The predicted octanol–water partition coefficient (Wildman–Crippen LogP) is 4.64. The largest absolute Gasteiger partial charge is 0.497 e. The van der Waals surface area contributed by atoms with Crippen molar-refractivity contribution in [2.24, 2.45) is 5.92 Å². The number of hydrogen-bond donors (Lipinski definition) is 0. The van der Waals surface area contributed by atoms with E-state index in [2.05, 4.69) is 10.1 Å². The van der Waals surface area contributed by atoms with Crippen LogP contribution in [0.5, 0.6) is 5.75 Å². The molecule has 3 aromatic rings. The van der Waals surface area contributed by atoms with E-state index in [-0.39, 0.29) is 11.6 Å². The summed E-state index contributed by atoms with van der Waals surface area (Å²) in [5.41, 5.74) is 0.174. The van der Waals surface area contributed by atoms with Crippen LogP contribution in [0.4, 0.5) is 24.9 Å². The van der Waals surface area contributed by atoms with Gasteiger partial charge in [0.1, 0.15) is 5.75 Å². The van der Waals surface area contributed by atoms with Crippen molar-refractivity contribution >= 4 is 17.6 Å². The monoisotopic (exact) mass is 460 g/mol. The Morgan fingerprint density at radius 2 is 1.97 bits per heavy atom. The molecule has 0 N–H and O–H groups in total. The summed E-state index contributed by atoms with van der Waals surface area (Å²) in [4.78, 5) is 20.6. The summed E-state index contributed by atoms with van der Waals surface area (Å²) in [5.74, 6) is 0.468. The van der Waals surface area contributed by atoms with Gasteiger partial charge >= 0.3 is 12.2 Å². The molecule has 1 atom stereocenters. The van der Waals surface area contributed by atoms with E-state index in [1.807, 2.05) is 17.0 Å². The van der Waals surface area contributed by atoms with E-state index in [1.54, 1.807) is 19.2 Å². The third-order valence-electron chi connectivity index (χ3n) is 5.70. The van der Waals surface area contributed by atoms with Crippen LogP contribution in [0.25, 0.3) is 11.4 Å². The van der Waals surface area contributed by atoms with Gasteiger partial charge in [-0.1, -0.05) is 11.2 Å². The fourth-order valence-corrected chi connectivity index (χ4v) is 3.85. The summed E-state index contributed by atoms with van der Waals surface area (Å²) in [6, 6.07) is 12.3. The van der Waals surface area contributed by atoms with Gasteiger partial charge in [0.15, 0.2) is 0 Å². The average Bonchev–Trinajstić information content (AvgIpc) is 3.33. The maximum absolute atomic E-state index is 13.1. The second kappa shape index (κ2) is 9.13. The van der Waals surface area contributed by atoms with E-state index in [9.17, 15) is 18.0 Å². The zero-order valence-electron chi connectivity index (χ0n) is 18.2. The molecule has 0 spiro atoms. The Balaban J connectivity index is 1.46. The van der Waals surface area contributed by atoms with Crippen molar-refractivity contribution in [1.29, 1.82) is 0 Å². The van der Waals surface area contributed by atoms with Crippen molar-refractivity contribution in [3.63, 3.8) is 0 Å². The van der Waals surface area contributed by atoms with Crippen LogP contribution in [0.2, 0.25) is 0 Å². The Hall–Kier alpha value is -3.56. The number of halogens is 3. The molecule has 33 heavy (non-hydrogen) atoms. The lowest BCUT2D eigenvalue weighted by Gasteiger charge is -2.32. The highest BCUT2D eigenvalue weighted by Gasteiger charge is 2.33. The Kier molecular flexibility index (Phi) is 6.26. The summed E-state index contributed by atoms with van der Waals surface area (Å²) in [5, 5.41) is 4.03. The minimum Gasteiger partial charge on any atom is -0.497 e. The van der Waals surface area contributed by atoms with E-state index >= 15 is 0 Å². The summed E-state index contributed by atoms with van der Waals surface area (Å²) >= 11 is 0. The van der Waals surface area contributed by atoms with Crippen LogP contribution in [0.1, 0.15) is 18.4 Å². The molecule has 1 unspecified atom stereocenters. The molecule has 2 heterocycles. The van der Waals surface area contributed by atoms with Gasteiger partial charge in [0.05, 0.1) is 18.6 Å². The average molecular weight is 460 g/mol. The summed E-state index contributed by atoms with van der Waals surface area (Å²) in [6.07, 6.45) is -3.13. The Morgan fingerprint density at radius 1 is 1.21 bits per heavy atom. The lowest BCUT2D eigenvalue weighted by molar-refractivity contribution is -0.137. The Bertz CT molecular complexity index is 1110. The fourth-order valence-electron chi connectivity index (χ4n) is 3.85. The lowest BCUT2D eigenvalue weighted by atomic mass is 9.96. The molecule has 0 bridgehead atoms. The quantitative estimate of drug-likeness (QED) is 0.552. The first-order valence-corrected chi connectivity index (χ1v) is 10.4. The fraction of sp³-hybridized carbons (Fsp3) is 0.348. The standard InChI is InChI=1S/C23H23F3N4O3/c1-29(18-7-3-6-17(13-18)23(24,25)26)21(31)16-5-4-12-30(14-16)22-27-20(28-33-22)15-8-10-19(32-2)11-9-15/h3,6-11,13,16H,4-5,12,14H2,1-2H3. The molecule has 1 fully saturated rings. The summed E-state index contributed by atoms with van der Waals surface area (Å²) in [7, 11) is 3.07. The number of amides is 1. The van der Waals surface area contributed by atoms with Crippen LogP contribution >= 0.6 is 0 Å². The molecular weight excluding hydrogens is 437 g/mol. The normalized spacial score (nSPS) is 16.5. The molecular formula is C23H23F3N4O3. The summed E-state index contributed by atoms with van der Waals surface area (Å²) in [6.45, 7) is 0.980. The molecule has 0 aliphatic carbocycles. The third-order valence-corrected chi connectivity index (χ3v) is 5.70. The van der Waals surface area contributed by atoms with Crippen LogP contribution in [-0.2, 0) is 11.0 Å². The number of ether oxygens (including phenoxy) is 1. The first kappa shape index (κ1) is 22.6. The lowest BCUT2D eigenvalue weighted by Crippen LogP contribution is -2.44. The van der Waals surface area contributed by atoms with E-state index in [0.717, 1.165) is 17.7 Å². The van der Waals surface area contributed by atoms with Crippen molar-refractivity contribution in [3.05, 3.63) is 54.1 Å². The molecule has 1 aromatic heterocycles. The first-order chi connectivity index (χ1) is 15.8. The third kappa shape index (κ3) is 4.94. The number of aromatic nitrogens is 2. The molecule has 7 nitrogen and oxygen atoms in total. The van der Waals surface area contributed by atoms with Crippen molar-refractivity contribution in [3.8, 4) is 17.1 Å². The number of rotatable bonds is 5. The van der Waals surface area contributed by atoms with Crippen LogP contribution in [0.15, 0.2) is 53.1 Å². The van der Waals surface area contributed by atoms with Crippen molar-refractivity contribution in [1.82, 2.24) is 10.1 Å². The van der Waals surface area contributed by atoms with Gasteiger partial charge in [-0.3, -0.25) is 4.79 Å². The van der Waals surface area contributed by atoms with E-state index in [4.69, 9.17) is 9.26 Å².